The van der Waals surface area contributed by atoms with Crippen LogP contribution < -0.4 is 0 Å². The molecule has 0 aromatic carbocycles. The van der Waals surface area contributed by atoms with Gasteiger partial charge in [0.05, 0.1) is 26.4 Å². The molecule has 0 bridgehead atoms. The average Bonchev–Trinajstić information content (AvgIpc) is 2.72. The Hall–Kier alpha value is -0.200. The zero-order valence-corrected chi connectivity index (χ0v) is 21.7. The van der Waals surface area contributed by atoms with Crippen molar-refractivity contribution >= 4 is 0 Å². The smallest absolute Gasteiger partial charge is 0.105 e. The molecule has 2 unspecified atom stereocenters. The second-order valence-corrected chi connectivity index (χ2v) is 9.51. The van der Waals surface area contributed by atoms with E-state index in [1.807, 2.05) is 0 Å². The molecule has 0 aliphatic rings. The molecule has 0 saturated heterocycles. The van der Waals surface area contributed by atoms with E-state index in [2.05, 4.69) is 41.5 Å². The Morgan fingerprint density at radius 1 is 0.452 bits per heavy atom. The summed E-state index contributed by atoms with van der Waals surface area (Å²) in [6.07, 6.45) is 9.49. The molecule has 0 aromatic rings. The summed E-state index contributed by atoms with van der Waals surface area (Å²) in [6, 6.07) is 0. The monoisotopic (exact) mass is 446 g/mol. The molecule has 0 aliphatic carbocycles. The molecule has 0 heterocycles. The van der Waals surface area contributed by atoms with Crippen LogP contribution in [0.5, 0.6) is 0 Å². The summed E-state index contributed by atoms with van der Waals surface area (Å²) in [7, 11) is 0. The fourth-order valence-corrected chi connectivity index (χ4v) is 3.09. The van der Waals surface area contributed by atoms with E-state index in [0.717, 1.165) is 39.3 Å². The van der Waals surface area contributed by atoms with Crippen LogP contribution in [0.2, 0.25) is 0 Å². The Morgan fingerprint density at radius 3 is 1.19 bits per heavy atom. The van der Waals surface area contributed by atoms with E-state index in [1.54, 1.807) is 0 Å². The molecular formula is C26H54O5. The third kappa shape index (κ3) is 22.8. The predicted molar refractivity (Wildman–Crippen MR) is 130 cm³/mol. The molecule has 0 N–H and O–H groups in total. The molecule has 2 atom stereocenters. The molecule has 0 amide bonds. The molecule has 0 rings (SSSR count). The minimum absolute atomic E-state index is 0.0960. The fourth-order valence-electron chi connectivity index (χ4n) is 3.09. The Labute approximate surface area is 193 Å². The number of hydrogen-bond acceptors (Lipinski definition) is 5. The van der Waals surface area contributed by atoms with Gasteiger partial charge < -0.3 is 23.7 Å². The molecule has 0 aliphatic heterocycles. The van der Waals surface area contributed by atoms with Crippen LogP contribution in [0.25, 0.3) is 0 Å². The van der Waals surface area contributed by atoms with Crippen molar-refractivity contribution in [1.82, 2.24) is 0 Å². The largest absolute Gasteiger partial charge is 0.379 e. The fraction of sp³-hybridized carbons (Fsp3) is 1.00. The maximum absolute atomic E-state index is 6.37. The topological polar surface area (TPSA) is 46.2 Å². The first-order valence-corrected chi connectivity index (χ1v) is 13.0. The van der Waals surface area contributed by atoms with E-state index in [1.165, 1.54) is 38.5 Å². The standard InChI is InChI=1S/C26H54O5/c1-7-9-11-13-15-27-19-25(21-29-17-23(3)4)31-26(22-30-18-24(5)6)20-28-16-14-12-10-8-2/h23-26H,7-22H2,1-6H3. The molecule has 188 valence electrons. The van der Waals surface area contributed by atoms with Crippen molar-refractivity contribution in [3.63, 3.8) is 0 Å². The highest BCUT2D eigenvalue weighted by atomic mass is 16.6. The highest BCUT2D eigenvalue weighted by molar-refractivity contribution is 4.64. The van der Waals surface area contributed by atoms with Gasteiger partial charge in [0.15, 0.2) is 0 Å². The summed E-state index contributed by atoms with van der Waals surface area (Å²) in [5.41, 5.74) is 0. The van der Waals surface area contributed by atoms with Crippen molar-refractivity contribution in [3.05, 3.63) is 0 Å². The van der Waals surface area contributed by atoms with E-state index in [-0.39, 0.29) is 12.2 Å². The molecule has 0 radical (unpaired) electrons. The quantitative estimate of drug-likeness (QED) is 0.163. The van der Waals surface area contributed by atoms with Crippen molar-refractivity contribution < 1.29 is 23.7 Å². The molecule has 31 heavy (non-hydrogen) atoms. The van der Waals surface area contributed by atoms with Crippen LogP contribution in [0.3, 0.4) is 0 Å². The zero-order valence-electron chi connectivity index (χ0n) is 21.7. The number of rotatable bonds is 24. The van der Waals surface area contributed by atoms with E-state index in [4.69, 9.17) is 23.7 Å². The SMILES string of the molecule is CCCCCCOCC(COCC(C)C)OC(COCCCCCC)COCC(C)C. The van der Waals surface area contributed by atoms with Gasteiger partial charge in [-0.3, -0.25) is 0 Å². The summed E-state index contributed by atoms with van der Waals surface area (Å²) >= 11 is 0. The maximum atomic E-state index is 6.37. The lowest BCUT2D eigenvalue weighted by Crippen LogP contribution is -2.36. The average molecular weight is 447 g/mol. The van der Waals surface area contributed by atoms with Crippen molar-refractivity contribution in [2.45, 2.75) is 105 Å². The predicted octanol–water partition coefficient (Wildman–Crippen LogP) is 6.28. The van der Waals surface area contributed by atoms with Crippen LogP contribution in [0, 0.1) is 11.8 Å². The molecule has 0 fully saturated rings. The van der Waals surface area contributed by atoms with Gasteiger partial charge in [0, 0.05) is 26.4 Å². The lowest BCUT2D eigenvalue weighted by atomic mass is 10.2. The van der Waals surface area contributed by atoms with Crippen molar-refractivity contribution in [1.29, 1.82) is 0 Å². The van der Waals surface area contributed by atoms with Gasteiger partial charge in [0.2, 0.25) is 0 Å². The Morgan fingerprint density at radius 2 is 0.839 bits per heavy atom. The lowest BCUT2D eigenvalue weighted by Gasteiger charge is -2.25. The van der Waals surface area contributed by atoms with Crippen LogP contribution >= 0.6 is 0 Å². The molecular weight excluding hydrogens is 392 g/mol. The summed E-state index contributed by atoms with van der Waals surface area (Å²) < 4.78 is 30.0. The van der Waals surface area contributed by atoms with E-state index in [0.29, 0.717) is 38.3 Å². The van der Waals surface area contributed by atoms with Crippen LogP contribution in [0.4, 0.5) is 0 Å². The second kappa shape index (κ2) is 23.0. The molecule has 0 aromatic heterocycles. The van der Waals surface area contributed by atoms with Crippen LogP contribution in [0.1, 0.15) is 92.9 Å². The van der Waals surface area contributed by atoms with Crippen molar-refractivity contribution in [2.75, 3.05) is 52.9 Å². The summed E-state index contributed by atoms with van der Waals surface area (Å²) in [5, 5.41) is 0. The number of unbranched alkanes of at least 4 members (excludes halogenated alkanes) is 6. The van der Waals surface area contributed by atoms with E-state index in [9.17, 15) is 0 Å². The van der Waals surface area contributed by atoms with Gasteiger partial charge in [-0.25, -0.2) is 0 Å². The van der Waals surface area contributed by atoms with Crippen LogP contribution in [-0.4, -0.2) is 65.1 Å². The number of ether oxygens (including phenoxy) is 5. The molecule has 0 saturated carbocycles. The van der Waals surface area contributed by atoms with Gasteiger partial charge in [0.1, 0.15) is 12.2 Å². The summed E-state index contributed by atoms with van der Waals surface area (Å²) in [4.78, 5) is 0. The van der Waals surface area contributed by atoms with Gasteiger partial charge in [-0.05, 0) is 24.7 Å². The maximum Gasteiger partial charge on any atom is 0.105 e. The van der Waals surface area contributed by atoms with E-state index < -0.39 is 0 Å². The van der Waals surface area contributed by atoms with Crippen molar-refractivity contribution in [3.8, 4) is 0 Å². The highest BCUT2D eigenvalue weighted by Gasteiger charge is 2.19. The van der Waals surface area contributed by atoms with Crippen LogP contribution in [0.15, 0.2) is 0 Å². The van der Waals surface area contributed by atoms with Gasteiger partial charge in [-0.2, -0.15) is 0 Å². The van der Waals surface area contributed by atoms with Gasteiger partial charge in [-0.15, -0.1) is 0 Å². The van der Waals surface area contributed by atoms with Gasteiger partial charge >= 0.3 is 0 Å². The highest BCUT2D eigenvalue weighted by Crippen LogP contribution is 2.08. The Kier molecular flexibility index (Phi) is 22.8. The normalized spacial score (nSPS) is 13.9. The number of hydrogen-bond donors (Lipinski definition) is 0. The van der Waals surface area contributed by atoms with Gasteiger partial charge in [0.25, 0.3) is 0 Å². The van der Waals surface area contributed by atoms with Crippen LogP contribution in [-0.2, 0) is 23.7 Å². The first-order valence-electron chi connectivity index (χ1n) is 13.0. The molecule has 5 nitrogen and oxygen atoms in total. The zero-order chi connectivity index (χ0) is 23.2. The third-order valence-corrected chi connectivity index (χ3v) is 4.79. The minimum Gasteiger partial charge on any atom is -0.379 e. The first kappa shape index (κ1) is 30.8. The molecule has 5 heteroatoms. The van der Waals surface area contributed by atoms with Gasteiger partial charge in [-0.1, -0.05) is 80.1 Å². The Bertz CT molecular complexity index is 317. The minimum atomic E-state index is -0.0960. The Balaban J connectivity index is 4.54. The summed E-state index contributed by atoms with van der Waals surface area (Å²) in [5.74, 6) is 1.01. The van der Waals surface area contributed by atoms with Crippen molar-refractivity contribution in [2.24, 2.45) is 11.8 Å². The van der Waals surface area contributed by atoms with E-state index >= 15 is 0 Å². The first-order chi connectivity index (χ1) is 15.0. The summed E-state index contributed by atoms with van der Waals surface area (Å²) in [6.45, 7) is 18.3. The molecule has 0 spiro atoms. The lowest BCUT2D eigenvalue weighted by molar-refractivity contribution is -0.133. The third-order valence-electron chi connectivity index (χ3n) is 4.79. The second-order valence-electron chi connectivity index (χ2n) is 9.51.